The Bertz CT molecular complexity index is 364. The number of aryl methyl sites for hydroxylation is 1. The number of hydrogen-bond donors (Lipinski definition) is 1. The second-order valence-electron chi connectivity index (χ2n) is 4.23. The minimum atomic E-state index is -0.461. The van der Waals surface area contributed by atoms with E-state index in [0.29, 0.717) is 5.69 Å². The van der Waals surface area contributed by atoms with E-state index in [2.05, 4.69) is 9.97 Å². The molecule has 4 nitrogen and oxygen atoms in total. The highest BCUT2D eigenvalue weighted by Gasteiger charge is 2.21. The lowest BCUT2D eigenvalue weighted by molar-refractivity contribution is 0.134. The molecule has 16 heavy (non-hydrogen) atoms. The van der Waals surface area contributed by atoms with Crippen molar-refractivity contribution in [2.75, 3.05) is 0 Å². The van der Waals surface area contributed by atoms with Crippen molar-refractivity contribution in [1.29, 1.82) is 0 Å². The Hall–Kier alpha value is -1.23. The third-order valence-corrected chi connectivity index (χ3v) is 2.93. The fourth-order valence-electron chi connectivity index (χ4n) is 1.88. The van der Waals surface area contributed by atoms with Crippen LogP contribution in [0, 0.1) is 12.7 Å². The van der Waals surface area contributed by atoms with Gasteiger partial charge in [0.1, 0.15) is 12.4 Å². The number of rotatable bonds is 2. The van der Waals surface area contributed by atoms with Crippen LogP contribution in [0.5, 0.6) is 5.88 Å². The van der Waals surface area contributed by atoms with Crippen LogP contribution in [0.1, 0.15) is 31.4 Å². The Labute approximate surface area is 94.0 Å². The molecule has 1 aromatic rings. The quantitative estimate of drug-likeness (QED) is 0.830. The monoisotopic (exact) mass is 225 g/mol. The molecule has 1 aromatic heterocycles. The van der Waals surface area contributed by atoms with Crippen LogP contribution in [0.2, 0.25) is 0 Å². The highest BCUT2D eigenvalue weighted by atomic mass is 19.1. The summed E-state index contributed by atoms with van der Waals surface area (Å²) in [5, 5.41) is 0. The van der Waals surface area contributed by atoms with Crippen molar-refractivity contribution in [3.05, 3.63) is 17.8 Å². The van der Waals surface area contributed by atoms with Gasteiger partial charge < -0.3 is 10.5 Å². The summed E-state index contributed by atoms with van der Waals surface area (Å²) in [5.74, 6) is -0.398. The van der Waals surface area contributed by atoms with Crippen LogP contribution < -0.4 is 10.5 Å². The van der Waals surface area contributed by atoms with Crippen molar-refractivity contribution in [2.24, 2.45) is 5.73 Å². The van der Waals surface area contributed by atoms with Gasteiger partial charge in [0.15, 0.2) is 0 Å². The number of nitrogens with zero attached hydrogens (tertiary/aromatic N) is 2. The lowest BCUT2D eigenvalue weighted by Crippen LogP contribution is -2.32. The number of ether oxygens (including phenoxy) is 1. The zero-order valence-electron chi connectivity index (χ0n) is 9.32. The summed E-state index contributed by atoms with van der Waals surface area (Å²) in [7, 11) is 0. The summed E-state index contributed by atoms with van der Waals surface area (Å²) in [4.78, 5) is 7.57. The molecule has 0 saturated heterocycles. The van der Waals surface area contributed by atoms with E-state index in [1.807, 2.05) is 0 Å². The van der Waals surface area contributed by atoms with Crippen molar-refractivity contribution in [3.63, 3.8) is 0 Å². The summed E-state index contributed by atoms with van der Waals surface area (Å²) in [6, 6.07) is 0.261. The maximum atomic E-state index is 13.6. The Kier molecular flexibility index (Phi) is 3.33. The Morgan fingerprint density at radius 3 is 2.69 bits per heavy atom. The molecule has 0 radical (unpaired) electrons. The van der Waals surface area contributed by atoms with Crippen molar-refractivity contribution in [1.82, 2.24) is 9.97 Å². The van der Waals surface area contributed by atoms with Crippen LogP contribution in [0.15, 0.2) is 6.33 Å². The molecule has 1 fully saturated rings. The molecule has 0 atom stereocenters. The van der Waals surface area contributed by atoms with E-state index in [9.17, 15) is 4.39 Å². The van der Waals surface area contributed by atoms with Gasteiger partial charge >= 0.3 is 0 Å². The SMILES string of the molecule is Cc1ncnc(OC2CCC(N)CC2)c1F. The van der Waals surface area contributed by atoms with Crippen molar-refractivity contribution in [3.8, 4) is 5.88 Å². The molecule has 0 amide bonds. The van der Waals surface area contributed by atoms with Gasteiger partial charge in [-0.25, -0.2) is 4.98 Å². The zero-order chi connectivity index (χ0) is 11.5. The molecule has 2 N–H and O–H groups in total. The molecule has 1 aliphatic carbocycles. The van der Waals surface area contributed by atoms with Crippen LogP contribution in [0.3, 0.4) is 0 Å². The van der Waals surface area contributed by atoms with Crippen LogP contribution in [-0.4, -0.2) is 22.1 Å². The first kappa shape index (κ1) is 11.3. The van der Waals surface area contributed by atoms with Gasteiger partial charge in [0, 0.05) is 6.04 Å². The van der Waals surface area contributed by atoms with E-state index in [1.165, 1.54) is 6.33 Å². The van der Waals surface area contributed by atoms with E-state index in [4.69, 9.17) is 10.5 Å². The summed E-state index contributed by atoms with van der Waals surface area (Å²) in [6.45, 7) is 1.60. The second kappa shape index (κ2) is 4.74. The normalized spacial score (nSPS) is 25.4. The highest BCUT2D eigenvalue weighted by Crippen LogP contribution is 2.23. The standard InChI is InChI=1S/C11H16FN3O/c1-7-10(12)11(15-6-14-7)16-9-4-2-8(13)3-5-9/h6,8-9H,2-5,13H2,1H3. The van der Waals surface area contributed by atoms with Crippen molar-refractivity contribution >= 4 is 0 Å². The van der Waals surface area contributed by atoms with Gasteiger partial charge in [0.25, 0.3) is 5.88 Å². The predicted molar refractivity (Wildman–Crippen MR) is 57.6 cm³/mol. The van der Waals surface area contributed by atoms with E-state index in [-0.39, 0.29) is 18.0 Å². The van der Waals surface area contributed by atoms with Gasteiger partial charge in [0.2, 0.25) is 5.82 Å². The summed E-state index contributed by atoms with van der Waals surface area (Å²) in [6.07, 6.45) is 4.94. The van der Waals surface area contributed by atoms with Crippen molar-refractivity contribution in [2.45, 2.75) is 44.8 Å². The molecular weight excluding hydrogens is 209 g/mol. The van der Waals surface area contributed by atoms with Gasteiger partial charge in [-0.1, -0.05) is 0 Å². The highest BCUT2D eigenvalue weighted by molar-refractivity contribution is 5.16. The molecule has 5 heteroatoms. The van der Waals surface area contributed by atoms with Gasteiger partial charge in [-0.3, -0.25) is 0 Å². The van der Waals surface area contributed by atoms with Crippen molar-refractivity contribution < 1.29 is 9.13 Å². The third-order valence-electron chi connectivity index (χ3n) is 2.93. The van der Waals surface area contributed by atoms with Gasteiger partial charge in [-0.2, -0.15) is 9.37 Å². The van der Waals surface area contributed by atoms with Gasteiger partial charge in [-0.05, 0) is 32.6 Å². The van der Waals surface area contributed by atoms with Crippen LogP contribution in [-0.2, 0) is 0 Å². The zero-order valence-corrected chi connectivity index (χ0v) is 9.32. The average Bonchev–Trinajstić information content (AvgIpc) is 2.28. The molecule has 0 unspecified atom stereocenters. The summed E-state index contributed by atoms with van der Waals surface area (Å²) >= 11 is 0. The summed E-state index contributed by atoms with van der Waals surface area (Å²) in [5.41, 5.74) is 6.11. The predicted octanol–water partition coefficient (Wildman–Crippen LogP) is 1.57. The smallest absolute Gasteiger partial charge is 0.254 e. The number of nitrogens with two attached hydrogens (primary N) is 1. The van der Waals surface area contributed by atoms with Crippen LogP contribution >= 0.6 is 0 Å². The first-order valence-electron chi connectivity index (χ1n) is 5.56. The molecule has 88 valence electrons. The Balaban J connectivity index is 2.01. The number of aromatic nitrogens is 2. The maximum Gasteiger partial charge on any atom is 0.254 e. The first-order chi connectivity index (χ1) is 7.66. The minimum absolute atomic E-state index is 0.0311. The fourth-order valence-corrected chi connectivity index (χ4v) is 1.88. The second-order valence-corrected chi connectivity index (χ2v) is 4.23. The molecular formula is C11H16FN3O. The average molecular weight is 225 g/mol. The molecule has 1 heterocycles. The fraction of sp³-hybridized carbons (Fsp3) is 0.636. The number of halogens is 1. The molecule has 0 aliphatic heterocycles. The Morgan fingerprint density at radius 1 is 1.31 bits per heavy atom. The topological polar surface area (TPSA) is 61.0 Å². The molecule has 0 bridgehead atoms. The van der Waals surface area contributed by atoms with Crippen LogP contribution in [0.4, 0.5) is 4.39 Å². The molecule has 1 saturated carbocycles. The van der Waals surface area contributed by atoms with Gasteiger partial charge in [-0.15, -0.1) is 0 Å². The molecule has 0 spiro atoms. The molecule has 1 aliphatic rings. The van der Waals surface area contributed by atoms with E-state index in [1.54, 1.807) is 6.92 Å². The number of hydrogen-bond acceptors (Lipinski definition) is 4. The maximum absolute atomic E-state index is 13.6. The van der Waals surface area contributed by atoms with Gasteiger partial charge in [0.05, 0.1) is 5.69 Å². The Morgan fingerprint density at radius 2 is 2.00 bits per heavy atom. The van der Waals surface area contributed by atoms with E-state index >= 15 is 0 Å². The lowest BCUT2D eigenvalue weighted by atomic mass is 9.94. The van der Waals surface area contributed by atoms with E-state index in [0.717, 1.165) is 25.7 Å². The molecule has 2 rings (SSSR count). The summed E-state index contributed by atoms with van der Waals surface area (Å²) < 4.78 is 19.1. The first-order valence-corrected chi connectivity index (χ1v) is 5.56. The van der Waals surface area contributed by atoms with Crippen LogP contribution in [0.25, 0.3) is 0 Å². The van der Waals surface area contributed by atoms with E-state index < -0.39 is 5.82 Å². The largest absolute Gasteiger partial charge is 0.472 e. The third kappa shape index (κ3) is 2.47. The lowest BCUT2D eigenvalue weighted by Gasteiger charge is -2.26. The molecule has 0 aromatic carbocycles. The minimum Gasteiger partial charge on any atom is -0.472 e.